The van der Waals surface area contributed by atoms with E-state index < -0.39 is 0 Å². The number of anilines is 1. The molecular formula is C18H24N4O5S. The predicted octanol–water partition coefficient (Wildman–Crippen LogP) is 0.877. The van der Waals surface area contributed by atoms with Gasteiger partial charge in [0.15, 0.2) is 5.16 Å². The molecule has 0 aliphatic heterocycles. The number of aromatic nitrogens is 2. The summed E-state index contributed by atoms with van der Waals surface area (Å²) in [6.07, 6.45) is 1.49. The summed E-state index contributed by atoms with van der Waals surface area (Å²) in [6.45, 7) is 0.548. The van der Waals surface area contributed by atoms with Crippen molar-refractivity contribution < 1.29 is 24.2 Å². The standard InChI is InChI=1S/C18H24N4O5S/c1-26-7-6-19-16(24)10-22-14(11-23)9-20-18(22)28-12-17(25)21-13-4-3-5-15(8-13)27-2/h3-5,8-9,23H,6-7,10-12H2,1-2H3,(H,19,24)(H,21,25). The third kappa shape index (κ3) is 6.55. The van der Waals surface area contributed by atoms with E-state index in [0.29, 0.717) is 35.4 Å². The summed E-state index contributed by atoms with van der Waals surface area (Å²) in [4.78, 5) is 28.5. The fourth-order valence-electron chi connectivity index (χ4n) is 2.32. The lowest BCUT2D eigenvalue weighted by molar-refractivity contribution is -0.122. The van der Waals surface area contributed by atoms with E-state index in [0.717, 1.165) is 0 Å². The van der Waals surface area contributed by atoms with Gasteiger partial charge >= 0.3 is 0 Å². The lowest BCUT2D eigenvalue weighted by Crippen LogP contribution is -2.31. The molecule has 0 saturated carbocycles. The lowest BCUT2D eigenvalue weighted by Gasteiger charge is -2.11. The Morgan fingerprint density at radius 1 is 1.29 bits per heavy atom. The van der Waals surface area contributed by atoms with E-state index in [-0.39, 0.29) is 30.7 Å². The molecule has 3 N–H and O–H groups in total. The van der Waals surface area contributed by atoms with E-state index in [1.807, 2.05) is 0 Å². The highest BCUT2D eigenvalue weighted by atomic mass is 32.2. The van der Waals surface area contributed by atoms with E-state index >= 15 is 0 Å². The van der Waals surface area contributed by atoms with Gasteiger partial charge in [-0.1, -0.05) is 17.8 Å². The van der Waals surface area contributed by atoms with Crippen molar-refractivity contribution in [3.63, 3.8) is 0 Å². The van der Waals surface area contributed by atoms with Crippen molar-refractivity contribution in [3.8, 4) is 5.75 Å². The summed E-state index contributed by atoms with van der Waals surface area (Å²) in [6, 6.07) is 7.05. The van der Waals surface area contributed by atoms with E-state index in [1.165, 1.54) is 18.0 Å². The van der Waals surface area contributed by atoms with Crippen molar-refractivity contribution in [1.29, 1.82) is 0 Å². The van der Waals surface area contributed by atoms with Crippen LogP contribution >= 0.6 is 11.8 Å². The molecule has 0 aliphatic carbocycles. The van der Waals surface area contributed by atoms with E-state index in [2.05, 4.69) is 15.6 Å². The predicted molar refractivity (Wildman–Crippen MR) is 105 cm³/mol. The van der Waals surface area contributed by atoms with Gasteiger partial charge in [-0.3, -0.25) is 9.59 Å². The maximum Gasteiger partial charge on any atom is 0.240 e. The minimum atomic E-state index is -0.255. The van der Waals surface area contributed by atoms with Gasteiger partial charge in [-0.25, -0.2) is 4.98 Å². The number of ether oxygens (including phenoxy) is 2. The van der Waals surface area contributed by atoms with Gasteiger partial charge in [0.25, 0.3) is 0 Å². The van der Waals surface area contributed by atoms with Crippen molar-refractivity contribution in [3.05, 3.63) is 36.2 Å². The number of benzene rings is 1. The minimum Gasteiger partial charge on any atom is -0.497 e. The zero-order valence-corrected chi connectivity index (χ0v) is 16.6. The Hall–Kier alpha value is -2.56. The van der Waals surface area contributed by atoms with Gasteiger partial charge in [-0.05, 0) is 12.1 Å². The van der Waals surface area contributed by atoms with Gasteiger partial charge < -0.3 is 29.8 Å². The first kappa shape index (κ1) is 21.7. The van der Waals surface area contributed by atoms with Crippen molar-refractivity contribution in [2.24, 2.45) is 0 Å². The summed E-state index contributed by atoms with van der Waals surface area (Å²) in [5.41, 5.74) is 1.12. The van der Waals surface area contributed by atoms with Crippen LogP contribution in [-0.2, 0) is 27.5 Å². The zero-order chi connectivity index (χ0) is 20.4. The first-order valence-electron chi connectivity index (χ1n) is 8.55. The Kier molecular flexibility index (Phi) is 8.79. The number of methoxy groups -OCH3 is 2. The second-order valence-electron chi connectivity index (χ2n) is 5.69. The molecule has 0 saturated heterocycles. The highest BCUT2D eigenvalue weighted by Crippen LogP contribution is 2.20. The van der Waals surface area contributed by atoms with Crippen LogP contribution in [0.3, 0.4) is 0 Å². The van der Waals surface area contributed by atoms with Crippen LogP contribution in [0.25, 0.3) is 0 Å². The van der Waals surface area contributed by atoms with E-state index in [1.54, 1.807) is 43.1 Å². The molecule has 0 bridgehead atoms. The maximum atomic E-state index is 12.2. The van der Waals surface area contributed by atoms with Gasteiger partial charge in [0.05, 0.1) is 38.0 Å². The molecule has 1 aromatic carbocycles. The molecular weight excluding hydrogens is 384 g/mol. The molecule has 0 radical (unpaired) electrons. The summed E-state index contributed by atoms with van der Waals surface area (Å²) < 4.78 is 11.6. The Labute approximate surface area is 167 Å². The second-order valence-corrected chi connectivity index (χ2v) is 6.63. The molecule has 0 aliphatic rings. The third-order valence-electron chi connectivity index (χ3n) is 3.68. The van der Waals surface area contributed by atoms with Crippen LogP contribution in [0, 0.1) is 0 Å². The second kappa shape index (κ2) is 11.3. The van der Waals surface area contributed by atoms with Gasteiger partial charge in [0.2, 0.25) is 11.8 Å². The van der Waals surface area contributed by atoms with Crippen LogP contribution in [-0.4, -0.2) is 59.6 Å². The van der Waals surface area contributed by atoms with Crippen LogP contribution in [0.4, 0.5) is 5.69 Å². The minimum absolute atomic E-state index is 0.000551. The summed E-state index contributed by atoms with van der Waals surface area (Å²) >= 11 is 1.18. The molecule has 2 aromatic rings. The largest absolute Gasteiger partial charge is 0.497 e. The van der Waals surface area contributed by atoms with Gasteiger partial charge in [0.1, 0.15) is 12.3 Å². The first-order chi connectivity index (χ1) is 13.6. The monoisotopic (exact) mass is 408 g/mol. The van der Waals surface area contributed by atoms with Crippen molar-refractivity contribution in [2.75, 3.05) is 38.4 Å². The average Bonchev–Trinajstić information content (AvgIpc) is 3.08. The van der Waals surface area contributed by atoms with Gasteiger partial charge in [-0.2, -0.15) is 0 Å². The molecule has 0 fully saturated rings. The quantitative estimate of drug-likeness (QED) is 0.373. The molecule has 9 nitrogen and oxygen atoms in total. The fraction of sp³-hybridized carbons (Fsp3) is 0.389. The van der Waals surface area contributed by atoms with Crippen LogP contribution < -0.4 is 15.4 Å². The number of hydrogen-bond acceptors (Lipinski definition) is 7. The smallest absolute Gasteiger partial charge is 0.240 e. The Morgan fingerprint density at radius 3 is 2.82 bits per heavy atom. The van der Waals surface area contributed by atoms with Gasteiger partial charge in [-0.15, -0.1) is 0 Å². The Balaban J connectivity index is 1.94. The Bertz CT molecular complexity index is 796. The van der Waals surface area contributed by atoms with Crippen molar-refractivity contribution >= 4 is 29.3 Å². The van der Waals surface area contributed by atoms with E-state index in [4.69, 9.17) is 9.47 Å². The number of nitrogens with zero attached hydrogens (tertiary/aromatic N) is 2. The molecule has 2 amide bonds. The fourth-order valence-corrected chi connectivity index (χ4v) is 3.12. The number of aliphatic hydroxyl groups excluding tert-OH is 1. The molecule has 2 rings (SSSR count). The summed E-state index contributed by atoms with van der Waals surface area (Å²) in [5.74, 6) is 0.299. The number of hydrogen-bond donors (Lipinski definition) is 3. The zero-order valence-electron chi connectivity index (χ0n) is 15.8. The molecule has 0 unspecified atom stereocenters. The number of amides is 2. The number of aliphatic hydroxyl groups is 1. The van der Waals surface area contributed by atoms with Crippen LogP contribution in [0.2, 0.25) is 0 Å². The number of rotatable bonds is 11. The summed E-state index contributed by atoms with van der Waals surface area (Å²) in [5, 5.41) is 15.4. The molecule has 1 aromatic heterocycles. The molecule has 152 valence electrons. The number of imidazole rings is 1. The number of thioether (sulfide) groups is 1. The topological polar surface area (TPSA) is 115 Å². The summed E-state index contributed by atoms with van der Waals surface area (Å²) in [7, 11) is 3.11. The van der Waals surface area contributed by atoms with Crippen molar-refractivity contribution in [1.82, 2.24) is 14.9 Å². The lowest BCUT2D eigenvalue weighted by atomic mass is 10.3. The maximum absolute atomic E-state index is 12.2. The average molecular weight is 408 g/mol. The SMILES string of the molecule is COCCNC(=O)Cn1c(CO)cnc1SCC(=O)Nc1cccc(OC)c1. The Morgan fingerprint density at radius 2 is 2.11 bits per heavy atom. The molecule has 28 heavy (non-hydrogen) atoms. The number of carbonyl (C=O) groups is 2. The third-order valence-corrected chi connectivity index (χ3v) is 4.67. The van der Waals surface area contributed by atoms with Crippen LogP contribution in [0.15, 0.2) is 35.6 Å². The molecule has 0 spiro atoms. The normalized spacial score (nSPS) is 10.5. The molecule has 10 heteroatoms. The number of nitrogens with one attached hydrogen (secondary N) is 2. The highest BCUT2D eigenvalue weighted by molar-refractivity contribution is 7.99. The first-order valence-corrected chi connectivity index (χ1v) is 9.53. The van der Waals surface area contributed by atoms with Gasteiger partial charge in [0, 0.05) is 25.4 Å². The molecule has 0 atom stereocenters. The number of carbonyl (C=O) groups excluding carboxylic acids is 2. The van der Waals surface area contributed by atoms with Crippen molar-refractivity contribution in [2.45, 2.75) is 18.3 Å². The van der Waals surface area contributed by atoms with Crippen LogP contribution in [0.5, 0.6) is 5.75 Å². The molecule has 1 heterocycles. The van der Waals surface area contributed by atoms with Crippen LogP contribution in [0.1, 0.15) is 5.69 Å². The highest BCUT2D eigenvalue weighted by Gasteiger charge is 2.15. The van der Waals surface area contributed by atoms with E-state index in [9.17, 15) is 14.7 Å².